The Morgan fingerprint density at radius 3 is 2.06 bits per heavy atom. The van der Waals surface area contributed by atoms with Crippen LogP contribution in [0.5, 0.6) is 0 Å². The number of likely N-dealkylation sites (tertiary alicyclic amines) is 1. The van der Waals surface area contributed by atoms with Crippen molar-refractivity contribution in [3.63, 3.8) is 0 Å². The van der Waals surface area contributed by atoms with Gasteiger partial charge in [-0.25, -0.2) is 4.79 Å². The monoisotopic (exact) mass is 472 g/mol. The van der Waals surface area contributed by atoms with E-state index in [9.17, 15) is 33.9 Å². The lowest BCUT2D eigenvalue weighted by Gasteiger charge is -2.30. The summed E-state index contributed by atoms with van der Waals surface area (Å²) in [6.07, 6.45) is -0.514. The standard InChI is InChI=1S/C20H32N4O9/c1-10(2)16(20(32)33)23-18(30)13-4-3-9-24(13)19(31)12(6-8-15(27)28)22-17(29)11(21)5-7-14(25)26/h10-13,16H,3-9,21H2,1-2H3,(H,22,29)(H,23,30)(H,25,26)(H,27,28)(H,32,33). The van der Waals surface area contributed by atoms with E-state index < -0.39 is 72.1 Å². The molecule has 0 aromatic carbocycles. The molecule has 1 fully saturated rings. The second-order valence-electron chi connectivity index (χ2n) is 8.29. The van der Waals surface area contributed by atoms with Crippen molar-refractivity contribution in [1.29, 1.82) is 0 Å². The fourth-order valence-electron chi connectivity index (χ4n) is 3.48. The second-order valence-corrected chi connectivity index (χ2v) is 8.29. The van der Waals surface area contributed by atoms with Gasteiger partial charge in [0.2, 0.25) is 17.7 Å². The number of hydrogen-bond acceptors (Lipinski definition) is 7. The Bertz CT molecular complexity index is 771. The van der Waals surface area contributed by atoms with Crippen molar-refractivity contribution in [2.45, 2.75) is 76.5 Å². The molecule has 4 unspecified atom stereocenters. The maximum Gasteiger partial charge on any atom is 0.326 e. The third-order valence-electron chi connectivity index (χ3n) is 5.34. The van der Waals surface area contributed by atoms with Crippen LogP contribution in [-0.2, 0) is 28.8 Å². The fraction of sp³-hybridized carbons (Fsp3) is 0.700. The molecular formula is C20H32N4O9. The molecule has 0 radical (unpaired) electrons. The average Bonchev–Trinajstić information content (AvgIpc) is 3.21. The van der Waals surface area contributed by atoms with E-state index in [0.29, 0.717) is 6.42 Å². The number of carboxylic acids is 3. The zero-order chi connectivity index (χ0) is 25.3. The van der Waals surface area contributed by atoms with Gasteiger partial charge in [0.1, 0.15) is 18.1 Å². The van der Waals surface area contributed by atoms with Gasteiger partial charge in [-0.3, -0.25) is 24.0 Å². The van der Waals surface area contributed by atoms with Gasteiger partial charge in [-0.2, -0.15) is 0 Å². The predicted molar refractivity (Wildman–Crippen MR) is 113 cm³/mol. The average molecular weight is 472 g/mol. The van der Waals surface area contributed by atoms with E-state index in [1.807, 2.05) is 0 Å². The summed E-state index contributed by atoms with van der Waals surface area (Å²) in [4.78, 5) is 72.5. The summed E-state index contributed by atoms with van der Waals surface area (Å²) in [7, 11) is 0. The molecule has 0 saturated carbocycles. The zero-order valence-electron chi connectivity index (χ0n) is 18.7. The molecule has 13 heteroatoms. The first kappa shape index (κ1) is 27.8. The summed E-state index contributed by atoms with van der Waals surface area (Å²) in [5.41, 5.74) is 5.67. The Hall–Kier alpha value is -3.22. The topological polar surface area (TPSA) is 216 Å². The number of aliphatic carboxylic acids is 3. The van der Waals surface area contributed by atoms with Crippen molar-refractivity contribution in [1.82, 2.24) is 15.5 Å². The third-order valence-corrected chi connectivity index (χ3v) is 5.34. The molecule has 1 aliphatic rings. The van der Waals surface area contributed by atoms with Gasteiger partial charge in [0.15, 0.2) is 0 Å². The largest absolute Gasteiger partial charge is 0.481 e. The molecular weight excluding hydrogens is 440 g/mol. The summed E-state index contributed by atoms with van der Waals surface area (Å²) in [5, 5.41) is 31.8. The van der Waals surface area contributed by atoms with E-state index in [0.717, 1.165) is 0 Å². The van der Waals surface area contributed by atoms with Crippen LogP contribution < -0.4 is 16.4 Å². The van der Waals surface area contributed by atoms with Gasteiger partial charge in [-0.1, -0.05) is 13.8 Å². The lowest BCUT2D eigenvalue weighted by molar-refractivity contribution is -0.146. The van der Waals surface area contributed by atoms with Crippen LogP contribution in [0.15, 0.2) is 0 Å². The van der Waals surface area contributed by atoms with Crippen molar-refractivity contribution >= 4 is 35.6 Å². The molecule has 1 rings (SSSR count). The summed E-state index contributed by atoms with van der Waals surface area (Å²) < 4.78 is 0. The maximum atomic E-state index is 13.1. The lowest BCUT2D eigenvalue weighted by atomic mass is 10.0. The van der Waals surface area contributed by atoms with Crippen molar-refractivity contribution in [2.75, 3.05) is 6.54 Å². The first-order chi connectivity index (χ1) is 15.3. The number of hydrogen-bond donors (Lipinski definition) is 6. The Balaban J connectivity index is 2.96. The number of carbonyl (C=O) groups excluding carboxylic acids is 3. The molecule has 0 bridgehead atoms. The minimum absolute atomic E-state index is 0.168. The van der Waals surface area contributed by atoms with Crippen molar-refractivity contribution in [3.8, 4) is 0 Å². The first-order valence-corrected chi connectivity index (χ1v) is 10.7. The molecule has 7 N–H and O–H groups in total. The van der Waals surface area contributed by atoms with Crippen LogP contribution in [0.3, 0.4) is 0 Å². The molecule has 3 amide bonds. The van der Waals surface area contributed by atoms with Crippen LogP contribution in [0.25, 0.3) is 0 Å². The van der Waals surface area contributed by atoms with Gasteiger partial charge in [0.25, 0.3) is 0 Å². The number of nitrogens with zero attached hydrogens (tertiary/aromatic N) is 1. The van der Waals surface area contributed by atoms with Gasteiger partial charge in [-0.15, -0.1) is 0 Å². The quantitative estimate of drug-likeness (QED) is 0.187. The van der Waals surface area contributed by atoms with E-state index >= 15 is 0 Å². The molecule has 0 aromatic rings. The number of amides is 3. The van der Waals surface area contributed by atoms with Gasteiger partial charge in [0.05, 0.1) is 6.04 Å². The number of rotatable bonds is 13. The molecule has 186 valence electrons. The number of carbonyl (C=O) groups is 6. The van der Waals surface area contributed by atoms with E-state index in [2.05, 4.69) is 10.6 Å². The number of nitrogens with one attached hydrogen (secondary N) is 2. The van der Waals surface area contributed by atoms with Gasteiger partial charge < -0.3 is 36.6 Å². The molecule has 13 nitrogen and oxygen atoms in total. The van der Waals surface area contributed by atoms with Crippen molar-refractivity contribution in [3.05, 3.63) is 0 Å². The van der Waals surface area contributed by atoms with Gasteiger partial charge in [0, 0.05) is 19.4 Å². The molecule has 1 heterocycles. The summed E-state index contributed by atoms with van der Waals surface area (Å²) >= 11 is 0. The highest BCUT2D eigenvalue weighted by molar-refractivity contribution is 5.94. The Labute approximate surface area is 190 Å². The molecule has 1 saturated heterocycles. The van der Waals surface area contributed by atoms with E-state index in [1.165, 1.54) is 4.90 Å². The molecule has 0 spiro atoms. The smallest absolute Gasteiger partial charge is 0.326 e. The Morgan fingerprint density at radius 2 is 1.55 bits per heavy atom. The zero-order valence-corrected chi connectivity index (χ0v) is 18.7. The van der Waals surface area contributed by atoms with Crippen molar-refractivity contribution < 1.29 is 44.1 Å². The highest BCUT2D eigenvalue weighted by Gasteiger charge is 2.39. The van der Waals surface area contributed by atoms with Crippen LogP contribution in [0.4, 0.5) is 0 Å². The SMILES string of the molecule is CC(C)C(NC(=O)C1CCCN1C(=O)C(CCC(=O)O)NC(=O)C(N)CCC(=O)O)C(=O)O. The van der Waals surface area contributed by atoms with E-state index in [-0.39, 0.29) is 32.2 Å². The molecule has 0 aliphatic carbocycles. The normalized spacial score (nSPS) is 18.3. The Morgan fingerprint density at radius 1 is 0.970 bits per heavy atom. The summed E-state index contributed by atoms with van der Waals surface area (Å²) in [5.74, 6) is -6.11. The van der Waals surface area contributed by atoms with E-state index in [1.54, 1.807) is 13.8 Å². The first-order valence-electron chi connectivity index (χ1n) is 10.7. The van der Waals surface area contributed by atoms with Crippen LogP contribution in [0.1, 0.15) is 52.4 Å². The van der Waals surface area contributed by atoms with Crippen LogP contribution in [0.2, 0.25) is 0 Å². The minimum Gasteiger partial charge on any atom is -0.481 e. The van der Waals surface area contributed by atoms with E-state index in [4.69, 9.17) is 15.9 Å². The number of nitrogens with two attached hydrogens (primary N) is 1. The van der Waals surface area contributed by atoms with Crippen molar-refractivity contribution in [2.24, 2.45) is 11.7 Å². The van der Waals surface area contributed by atoms with Crippen LogP contribution >= 0.6 is 0 Å². The lowest BCUT2D eigenvalue weighted by Crippen LogP contribution is -2.57. The minimum atomic E-state index is -1.29. The number of carboxylic acid groups (broad SMARTS) is 3. The summed E-state index contributed by atoms with van der Waals surface area (Å²) in [6.45, 7) is 3.42. The van der Waals surface area contributed by atoms with Gasteiger partial charge >= 0.3 is 17.9 Å². The molecule has 33 heavy (non-hydrogen) atoms. The van der Waals surface area contributed by atoms with Crippen LogP contribution in [0, 0.1) is 5.92 Å². The molecule has 4 atom stereocenters. The highest BCUT2D eigenvalue weighted by atomic mass is 16.4. The fourth-order valence-corrected chi connectivity index (χ4v) is 3.48. The second kappa shape index (κ2) is 12.7. The highest BCUT2D eigenvalue weighted by Crippen LogP contribution is 2.20. The summed E-state index contributed by atoms with van der Waals surface area (Å²) in [6, 6.07) is -4.63. The molecule has 0 aromatic heterocycles. The predicted octanol–water partition coefficient (Wildman–Crippen LogP) is -1.26. The molecule has 1 aliphatic heterocycles. The van der Waals surface area contributed by atoms with Gasteiger partial charge in [-0.05, 0) is 31.6 Å². The third kappa shape index (κ3) is 8.67. The maximum absolute atomic E-state index is 13.1. The van der Waals surface area contributed by atoms with Crippen LogP contribution in [-0.4, -0.2) is 86.6 Å². The Kier molecular flexibility index (Phi) is 10.7.